The molecule has 1 amide bonds. The first-order chi connectivity index (χ1) is 10.6. The lowest BCUT2D eigenvalue weighted by molar-refractivity contribution is -0.112. The fourth-order valence-corrected chi connectivity index (χ4v) is 1.82. The molecule has 0 saturated carbocycles. The Morgan fingerprint density at radius 3 is 2.91 bits per heavy atom. The van der Waals surface area contributed by atoms with Crippen LogP contribution < -0.4 is 14.8 Å². The summed E-state index contributed by atoms with van der Waals surface area (Å²) < 4.78 is 15.1. The number of aromatic carboxylic acids is 1. The zero-order chi connectivity index (χ0) is 15.5. The van der Waals surface area contributed by atoms with E-state index in [2.05, 4.69) is 15.0 Å². The van der Waals surface area contributed by atoms with Gasteiger partial charge in [-0.3, -0.25) is 10.1 Å². The number of carbonyl (C=O) groups excluding carboxylic acids is 1. The molecule has 0 saturated heterocycles. The molecule has 0 atom stereocenters. The van der Waals surface area contributed by atoms with Crippen LogP contribution in [0.15, 0.2) is 35.0 Å². The van der Waals surface area contributed by atoms with Crippen LogP contribution >= 0.6 is 0 Å². The Labute approximate surface area is 123 Å². The number of anilines is 1. The van der Waals surface area contributed by atoms with Crippen molar-refractivity contribution >= 4 is 23.8 Å². The molecule has 0 fully saturated rings. The van der Waals surface area contributed by atoms with Gasteiger partial charge in [0.15, 0.2) is 11.5 Å². The van der Waals surface area contributed by atoms with Crippen molar-refractivity contribution in [1.82, 2.24) is 5.16 Å². The van der Waals surface area contributed by atoms with E-state index in [0.29, 0.717) is 11.5 Å². The number of hydrogen-bond donors (Lipinski definition) is 2. The molecule has 1 aromatic heterocycles. The lowest BCUT2D eigenvalue weighted by Gasteiger charge is -1.99. The highest BCUT2D eigenvalue weighted by molar-refractivity contribution is 6.04. The molecular weight excluding hydrogens is 292 g/mol. The third kappa shape index (κ3) is 2.75. The van der Waals surface area contributed by atoms with Crippen molar-refractivity contribution in [3.05, 3.63) is 41.6 Å². The van der Waals surface area contributed by atoms with Crippen molar-refractivity contribution in [2.45, 2.75) is 0 Å². The molecule has 1 aliphatic rings. The van der Waals surface area contributed by atoms with E-state index in [1.807, 2.05) is 0 Å². The molecule has 2 N–H and O–H groups in total. The summed E-state index contributed by atoms with van der Waals surface area (Å²) in [6, 6.07) is 5.22. The molecule has 0 bridgehead atoms. The molecule has 1 aromatic carbocycles. The molecule has 22 heavy (non-hydrogen) atoms. The zero-order valence-electron chi connectivity index (χ0n) is 11.1. The third-order valence-electron chi connectivity index (χ3n) is 2.86. The SMILES string of the molecule is O=C(/C=C/c1ccc2c(c1)OCO2)Nc1oncc1C(=O)O. The number of ether oxygens (including phenoxy) is 2. The van der Waals surface area contributed by atoms with E-state index < -0.39 is 11.9 Å². The third-order valence-corrected chi connectivity index (χ3v) is 2.86. The van der Waals surface area contributed by atoms with Crippen molar-refractivity contribution < 1.29 is 28.7 Å². The second-order valence-electron chi connectivity index (χ2n) is 4.31. The average molecular weight is 302 g/mol. The number of rotatable bonds is 4. The van der Waals surface area contributed by atoms with Gasteiger partial charge in [0, 0.05) is 6.08 Å². The molecule has 112 valence electrons. The van der Waals surface area contributed by atoms with E-state index >= 15 is 0 Å². The molecule has 2 heterocycles. The number of amides is 1. The molecule has 0 spiro atoms. The summed E-state index contributed by atoms with van der Waals surface area (Å²) >= 11 is 0. The predicted molar refractivity (Wildman–Crippen MR) is 73.7 cm³/mol. The maximum Gasteiger partial charge on any atom is 0.342 e. The van der Waals surface area contributed by atoms with Gasteiger partial charge in [-0.2, -0.15) is 0 Å². The second-order valence-corrected chi connectivity index (χ2v) is 4.31. The van der Waals surface area contributed by atoms with Gasteiger partial charge in [0.05, 0.1) is 6.20 Å². The maximum absolute atomic E-state index is 11.8. The van der Waals surface area contributed by atoms with Crippen LogP contribution in [0, 0.1) is 0 Å². The van der Waals surface area contributed by atoms with Crippen LogP contribution in [0.25, 0.3) is 6.08 Å². The fraction of sp³-hybridized carbons (Fsp3) is 0.0714. The first-order valence-electron chi connectivity index (χ1n) is 6.20. The van der Waals surface area contributed by atoms with Crippen LogP contribution in [0.3, 0.4) is 0 Å². The number of hydrogen-bond acceptors (Lipinski definition) is 6. The number of nitrogens with zero attached hydrogens (tertiary/aromatic N) is 1. The summed E-state index contributed by atoms with van der Waals surface area (Å²) in [5, 5.41) is 14.5. The monoisotopic (exact) mass is 302 g/mol. The summed E-state index contributed by atoms with van der Waals surface area (Å²) in [5.74, 6) is -0.749. The number of carboxylic acid groups (broad SMARTS) is 1. The number of carboxylic acids is 1. The number of aromatic nitrogens is 1. The summed E-state index contributed by atoms with van der Waals surface area (Å²) in [4.78, 5) is 22.6. The van der Waals surface area contributed by atoms with Crippen LogP contribution in [-0.4, -0.2) is 28.9 Å². The first kappa shape index (κ1) is 13.7. The average Bonchev–Trinajstić information content (AvgIpc) is 3.13. The molecular formula is C14H10N2O6. The largest absolute Gasteiger partial charge is 0.477 e. The van der Waals surface area contributed by atoms with Gasteiger partial charge < -0.3 is 19.1 Å². The van der Waals surface area contributed by atoms with Gasteiger partial charge in [-0.05, 0) is 23.8 Å². The van der Waals surface area contributed by atoms with Crippen LogP contribution in [0.1, 0.15) is 15.9 Å². The number of benzene rings is 1. The normalized spacial score (nSPS) is 12.5. The lowest BCUT2D eigenvalue weighted by Crippen LogP contribution is -2.10. The van der Waals surface area contributed by atoms with Crippen molar-refractivity contribution in [2.24, 2.45) is 0 Å². The summed E-state index contributed by atoms with van der Waals surface area (Å²) in [6.45, 7) is 0.173. The molecule has 8 heteroatoms. The molecule has 1 aliphatic heterocycles. The molecule has 0 unspecified atom stereocenters. The molecule has 8 nitrogen and oxygen atoms in total. The minimum absolute atomic E-state index is 0.173. The smallest absolute Gasteiger partial charge is 0.342 e. The Bertz CT molecular complexity index is 764. The lowest BCUT2D eigenvalue weighted by atomic mass is 10.2. The highest BCUT2D eigenvalue weighted by Crippen LogP contribution is 2.32. The summed E-state index contributed by atoms with van der Waals surface area (Å²) in [6.07, 6.45) is 3.80. The van der Waals surface area contributed by atoms with Gasteiger partial charge in [-0.25, -0.2) is 4.79 Å². The molecule has 0 radical (unpaired) electrons. The van der Waals surface area contributed by atoms with Crippen LogP contribution in [-0.2, 0) is 4.79 Å². The van der Waals surface area contributed by atoms with E-state index in [9.17, 15) is 9.59 Å². The van der Waals surface area contributed by atoms with E-state index in [1.165, 1.54) is 6.08 Å². The Hall–Kier alpha value is -3.29. The van der Waals surface area contributed by atoms with Crippen LogP contribution in [0.2, 0.25) is 0 Å². The van der Waals surface area contributed by atoms with Crippen molar-refractivity contribution in [3.8, 4) is 11.5 Å². The molecule has 2 aromatic rings. The minimum atomic E-state index is -1.24. The molecule has 0 aliphatic carbocycles. The summed E-state index contributed by atoms with van der Waals surface area (Å²) in [5.41, 5.74) is 0.514. The number of fused-ring (bicyclic) bond motifs is 1. The molecule has 3 rings (SSSR count). The van der Waals surface area contributed by atoms with Gasteiger partial charge in [-0.1, -0.05) is 11.2 Å². The predicted octanol–water partition coefficient (Wildman–Crippen LogP) is 1.75. The van der Waals surface area contributed by atoms with Crippen LogP contribution in [0.5, 0.6) is 11.5 Å². The Morgan fingerprint density at radius 1 is 1.27 bits per heavy atom. The number of carbonyl (C=O) groups is 2. The van der Waals surface area contributed by atoms with E-state index in [0.717, 1.165) is 11.8 Å². The first-order valence-corrected chi connectivity index (χ1v) is 6.20. The van der Waals surface area contributed by atoms with Gasteiger partial charge in [0.1, 0.15) is 5.56 Å². The quantitative estimate of drug-likeness (QED) is 0.827. The van der Waals surface area contributed by atoms with Gasteiger partial charge in [0.25, 0.3) is 5.91 Å². The van der Waals surface area contributed by atoms with E-state index in [4.69, 9.17) is 14.6 Å². The van der Waals surface area contributed by atoms with Crippen molar-refractivity contribution in [1.29, 1.82) is 0 Å². The Kier molecular flexibility index (Phi) is 3.48. The minimum Gasteiger partial charge on any atom is -0.477 e. The van der Waals surface area contributed by atoms with Gasteiger partial charge in [0.2, 0.25) is 12.7 Å². The van der Waals surface area contributed by atoms with Gasteiger partial charge >= 0.3 is 5.97 Å². The Balaban J connectivity index is 1.69. The highest BCUT2D eigenvalue weighted by atomic mass is 16.7. The topological polar surface area (TPSA) is 111 Å². The second kappa shape index (κ2) is 5.60. The van der Waals surface area contributed by atoms with E-state index in [-0.39, 0.29) is 18.2 Å². The highest BCUT2D eigenvalue weighted by Gasteiger charge is 2.16. The fourth-order valence-electron chi connectivity index (χ4n) is 1.82. The van der Waals surface area contributed by atoms with Crippen molar-refractivity contribution in [2.75, 3.05) is 12.1 Å². The summed E-state index contributed by atoms with van der Waals surface area (Å²) in [7, 11) is 0. The number of nitrogens with one attached hydrogen (secondary N) is 1. The Morgan fingerprint density at radius 2 is 2.09 bits per heavy atom. The van der Waals surface area contributed by atoms with Gasteiger partial charge in [-0.15, -0.1) is 0 Å². The standard InChI is InChI=1S/C14H10N2O6/c17-12(16-13-9(14(18)19)6-15-22-13)4-2-8-1-3-10-11(5-8)21-7-20-10/h1-6H,7H2,(H,16,17)(H,18,19)/b4-2+. The van der Waals surface area contributed by atoms with E-state index in [1.54, 1.807) is 24.3 Å². The van der Waals surface area contributed by atoms with Crippen molar-refractivity contribution in [3.63, 3.8) is 0 Å². The zero-order valence-corrected chi connectivity index (χ0v) is 11.1. The maximum atomic E-state index is 11.8. The van der Waals surface area contributed by atoms with Crippen LogP contribution in [0.4, 0.5) is 5.88 Å².